The summed E-state index contributed by atoms with van der Waals surface area (Å²) in [5.41, 5.74) is -1.57. The first-order chi connectivity index (χ1) is 7.69. The quantitative estimate of drug-likeness (QED) is 0.363. The lowest BCUT2D eigenvalue weighted by atomic mass is 10.1. The Hall–Kier alpha value is -0.700. The number of hydrogen-bond acceptors (Lipinski definition) is 6. The van der Waals surface area contributed by atoms with E-state index >= 15 is 0 Å². The number of esters is 1. The van der Waals surface area contributed by atoms with Crippen LogP contribution >= 0.6 is 0 Å². The van der Waals surface area contributed by atoms with E-state index in [9.17, 15) is 18.3 Å². The minimum absolute atomic E-state index is 0.0541. The van der Waals surface area contributed by atoms with E-state index < -0.39 is 21.6 Å². The Morgan fingerprint density at radius 2 is 2.00 bits per heavy atom. The van der Waals surface area contributed by atoms with Crippen molar-refractivity contribution in [3.8, 4) is 0 Å². The fourth-order valence-corrected chi connectivity index (χ4v) is 1.61. The zero-order chi connectivity index (χ0) is 13.5. The van der Waals surface area contributed by atoms with Crippen molar-refractivity contribution in [2.75, 3.05) is 33.0 Å². The van der Waals surface area contributed by atoms with Gasteiger partial charge in [0.15, 0.2) is 5.60 Å². The van der Waals surface area contributed by atoms with Gasteiger partial charge in [-0.25, -0.2) is 17.9 Å². The molecule has 0 aliphatic heterocycles. The van der Waals surface area contributed by atoms with Crippen LogP contribution in [0.25, 0.3) is 0 Å². The van der Waals surface area contributed by atoms with Crippen LogP contribution in [0.4, 0.5) is 0 Å². The summed E-state index contributed by atoms with van der Waals surface area (Å²) in [5, 5.41) is 12.5. The summed E-state index contributed by atoms with van der Waals surface area (Å²) < 4.78 is 28.2. The van der Waals surface area contributed by atoms with Crippen molar-refractivity contribution in [1.82, 2.24) is 10.0 Å². The van der Waals surface area contributed by atoms with Crippen LogP contribution in [-0.2, 0) is 19.6 Å². The summed E-state index contributed by atoms with van der Waals surface area (Å²) in [5.74, 6) is -0.709. The first-order valence-electron chi connectivity index (χ1n) is 5.15. The standard InChI is InChI=1S/C9H20N2O5S/c1-9(13,8(12)16-2)7-10-5-4-6-11-17(3,14)15/h10-11,13H,4-7H2,1-3H3. The van der Waals surface area contributed by atoms with Gasteiger partial charge in [-0.1, -0.05) is 0 Å². The maximum atomic E-state index is 11.1. The number of rotatable bonds is 8. The zero-order valence-electron chi connectivity index (χ0n) is 10.3. The number of carbonyl (C=O) groups is 1. The van der Waals surface area contributed by atoms with E-state index in [1.807, 2.05) is 0 Å². The molecule has 7 nitrogen and oxygen atoms in total. The van der Waals surface area contributed by atoms with Crippen LogP contribution in [0.3, 0.4) is 0 Å². The number of carbonyl (C=O) groups excluding carboxylic acids is 1. The molecule has 0 bridgehead atoms. The van der Waals surface area contributed by atoms with Crippen molar-refractivity contribution >= 4 is 16.0 Å². The summed E-state index contributed by atoms with van der Waals surface area (Å²) in [6.45, 7) is 2.20. The molecule has 0 radical (unpaired) electrons. The van der Waals surface area contributed by atoms with Crippen molar-refractivity contribution < 1.29 is 23.1 Å². The van der Waals surface area contributed by atoms with Gasteiger partial charge in [-0.3, -0.25) is 0 Å². The predicted molar refractivity (Wildman–Crippen MR) is 63.0 cm³/mol. The molecule has 102 valence electrons. The van der Waals surface area contributed by atoms with E-state index in [4.69, 9.17) is 0 Å². The minimum atomic E-state index is -3.16. The zero-order valence-corrected chi connectivity index (χ0v) is 11.1. The third kappa shape index (κ3) is 8.08. The van der Waals surface area contributed by atoms with Crippen LogP contribution in [0.15, 0.2) is 0 Å². The second-order valence-electron chi connectivity index (χ2n) is 3.96. The Labute approximate surface area is 102 Å². The van der Waals surface area contributed by atoms with Gasteiger partial charge >= 0.3 is 5.97 Å². The molecular weight excluding hydrogens is 248 g/mol. The molecule has 0 spiro atoms. The average Bonchev–Trinajstić information content (AvgIpc) is 2.20. The Kier molecular flexibility index (Phi) is 6.61. The highest BCUT2D eigenvalue weighted by Crippen LogP contribution is 2.03. The number of hydrogen-bond donors (Lipinski definition) is 3. The van der Waals surface area contributed by atoms with E-state index in [2.05, 4.69) is 14.8 Å². The van der Waals surface area contributed by atoms with Crippen molar-refractivity contribution in [1.29, 1.82) is 0 Å². The van der Waals surface area contributed by atoms with Crippen molar-refractivity contribution in [3.63, 3.8) is 0 Å². The summed E-state index contributed by atoms with van der Waals surface area (Å²) in [6.07, 6.45) is 1.65. The Morgan fingerprint density at radius 3 is 2.47 bits per heavy atom. The van der Waals surface area contributed by atoms with E-state index in [0.29, 0.717) is 19.5 Å². The molecule has 0 amide bonds. The number of ether oxygens (including phenoxy) is 1. The monoisotopic (exact) mass is 268 g/mol. The van der Waals surface area contributed by atoms with Crippen LogP contribution in [-0.4, -0.2) is 58.1 Å². The van der Waals surface area contributed by atoms with Gasteiger partial charge in [0, 0.05) is 13.1 Å². The molecule has 17 heavy (non-hydrogen) atoms. The number of nitrogens with one attached hydrogen (secondary N) is 2. The Balaban J connectivity index is 3.68. The molecule has 1 unspecified atom stereocenters. The lowest BCUT2D eigenvalue weighted by Gasteiger charge is -2.20. The second-order valence-corrected chi connectivity index (χ2v) is 5.80. The molecule has 0 aliphatic carbocycles. The Bertz CT molecular complexity index is 339. The van der Waals surface area contributed by atoms with Gasteiger partial charge in [0.2, 0.25) is 10.0 Å². The molecule has 8 heteroatoms. The van der Waals surface area contributed by atoms with Crippen LogP contribution in [0, 0.1) is 0 Å². The summed E-state index contributed by atoms with van der Waals surface area (Å²) in [7, 11) is -1.96. The summed E-state index contributed by atoms with van der Waals surface area (Å²) >= 11 is 0. The van der Waals surface area contributed by atoms with E-state index in [-0.39, 0.29) is 6.54 Å². The van der Waals surface area contributed by atoms with Crippen LogP contribution in [0.5, 0.6) is 0 Å². The van der Waals surface area contributed by atoms with Gasteiger partial charge < -0.3 is 15.2 Å². The minimum Gasteiger partial charge on any atom is -0.467 e. The molecule has 1 atom stereocenters. The molecule has 0 saturated carbocycles. The normalized spacial score (nSPS) is 15.3. The van der Waals surface area contributed by atoms with Crippen LogP contribution in [0.1, 0.15) is 13.3 Å². The second kappa shape index (κ2) is 6.90. The van der Waals surface area contributed by atoms with E-state index in [0.717, 1.165) is 6.26 Å². The molecule has 0 rings (SSSR count). The summed E-state index contributed by atoms with van der Waals surface area (Å²) in [6, 6.07) is 0. The van der Waals surface area contributed by atoms with Gasteiger partial charge in [-0.2, -0.15) is 0 Å². The molecule has 0 aromatic rings. The molecule has 0 saturated heterocycles. The number of methoxy groups -OCH3 is 1. The largest absolute Gasteiger partial charge is 0.467 e. The molecular formula is C9H20N2O5S. The molecule has 0 aromatic heterocycles. The first kappa shape index (κ1) is 16.3. The molecule has 0 aliphatic rings. The van der Waals surface area contributed by atoms with E-state index in [1.165, 1.54) is 14.0 Å². The highest BCUT2D eigenvalue weighted by molar-refractivity contribution is 7.88. The number of sulfonamides is 1. The van der Waals surface area contributed by atoms with Crippen LogP contribution < -0.4 is 10.0 Å². The van der Waals surface area contributed by atoms with Crippen molar-refractivity contribution in [2.24, 2.45) is 0 Å². The molecule has 0 aromatic carbocycles. The van der Waals surface area contributed by atoms with Crippen LogP contribution in [0.2, 0.25) is 0 Å². The maximum absolute atomic E-state index is 11.1. The van der Waals surface area contributed by atoms with Gasteiger partial charge in [-0.15, -0.1) is 0 Å². The van der Waals surface area contributed by atoms with Gasteiger partial charge in [-0.05, 0) is 19.9 Å². The predicted octanol–water partition coefficient (Wildman–Crippen LogP) is -1.56. The average molecular weight is 268 g/mol. The van der Waals surface area contributed by atoms with Gasteiger partial charge in [0.1, 0.15) is 0 Å². The SMILES string of the molecule is COC(=O)C(C)(O)CNCCCNS(C)(=O)=O. The lowest BCUT2D eigenvalue weighted by Crippen LogP contribution is -2.46. The molecule has 0 heterocycles. The van der Waals surface area contributed by atoms with Gasteiger partial charge in [0.05, 0.1) is 13.4 Å². The van der Waals surface area contributed by atoms with Crippen molar-refractivity contribution in [3.05, 3.63) is 0 Å². The molecule has 0 fully saturated rings. The first-order valence-corrected chi connectivity index (χ1v) is 7.04. The maximum Gasteiger partial charge on any atom is 0.338 e. The van der Waals surface area contributed by atoms with E-state index in [1.54, 1.807) is 0 Å². The fourth-order valence-electron chi connectivity index (χ4n) is 1.09. The fraction of sp³-hybridized carbons (Fsp3) is 0.889. The third-order valence-electron chi connectivity index (χ3n) is 1.99. The summed E-state index contributed by atoms with van der Waals surface area (Å²) in [4.78, 5) is 11.1. The Morgan fingerprint density at radius 1 is 1.41 bits per heavy atom. The highest BCUT2D eigenvalue weighted by atomic mass is 32.2. The topological polar surface area (TPSA) is 105 Å². The third-order valence-corrected chi connectivity index (χ3v) is 2.72. The van der Waals surface area contributed by atoms with Gasteiger partial charge in [0.25, 0.3) is 0 Å². The van der Waals surface area contributed by atoms with Crippen molar-refractivity contribution in [2.45, 2.75) is 18.9 Å². The highest BCUT2D eigenvalue weighted by Gasteiger charge is 2.30. The smallest absolute Gasteiger partial charge is 0.338 e. The number of aliphatic hydroxyl groups is 1. The lowest BCUT2D eigenvalue weighted by molar-refractivity contribution is -0.159. The molecule has 3 N–H and O–H groups in total.